The number of nitrogens with one attached hydrogen (secondary N) is 1. The predicted molar refractivity (Wildman–Crippen MR) is 72.6 cm³/mol. The lowest BCUT2D eigenvalue weighted by Crippen LogP contribution is -2.35. The van der Waals surface area contributed by atoms with Gasteiger partial charge in [-0.1, -0.05) is 0 Å². The van der Waals surface area contributed by atoms with Gasteiger partial charge in [-0.3, -0.25) is 4.68 Å². The van der Waals surface area contributed by atoms with Gasteiger partial charge >= 0.3 is 0 Å². The first-order chi connectivity index (χ1) is 7.84. The molecule has 1 saturated heterocycles. The Balaban J connectivity index is 0.00000144. The topological polar surface area (TPSA) is 33.1 Å². The van der Waals surface area contributed by atoms with E-state index >= 15 is 0 Å². The summed E-state index contributed by atoms with van der Waals surface area (Å²) >= 11 is 0. The van der Waals surface area contributed by atoms with E-state index < -0.39 is 0 Å². The minimum Gasteiger partial charge on any atom is -0.317 e. The molecule has 0 amide bonds. The number of nitrogens with zero attached hydrogens (tertiary/aromatic N) is 3. The van der Waals surface area contributed by atoms with E-state index in [1.807, 2.05) is 23.1 Å². The van der Waals surface area contributed by atoms with Crippen LogP contribution in [0.3, 0.4) is 0 Å². The molecule has 0 spiro atoms. The standard InChI is InChI=1S/C12H22N4.ClH/c1-15(9-10-16-8-2-5-14-16)11-12-3-6-13-7-4-12;/h2,5,8,12-13H,3-4,6-7,9-11H2,1H3;1H. The van der Waals surface area contributed by atoms with Crippen LogP contribution in [0.2, 0.25) is 0 Å². The Morgan fingerprint density at radius 1 is 1.41 bits per heavy atom. The molecule has 1 aromatic heterocycles. The zero-order valence-corrected chi connectivity index (χ0v) is 11.3. The second kappa shape index (κ2) is 7.69. The van der Waals surface area contributed by atoms with Crippen LogP contribution in [0.1, 0.15) is 12.8 Å². The van der Waals surface area contributed by atoms with Gasteiger partial charge < -0.3 is 10.2 Å². The summed E-state index contributed by atoms with van der Waals surface area (Å²) in [6.45, 7) is 5.69. The number of hydrogen-bond donors (Lipinski definition) is 1. The molecule has 0 atom stereocenters. The zero-order valence-electron chi connectivity index (χ0n) is 10.5. The molecular formula is C12H23ClN4. The number of piperidine rings is 1. The van der Waals surface area contributed by atoms with Crippen LogP contribution in [-0.2, 0) is 6.54 Å². The highest BCUT2D eigenvalue weighted by Gasteiger charge is 2.14. The first-order valence-corrected chi connectivity index (χ1v) is 6.21. The van der Waals surface area contributed by atoms with Crippen molar-refractivity contribution in [3.05, 3.63) is 18.5 Å². The number of rotatable bonds is 5. The molecule has 98 valence electrons. The van der Waals surface area contributed by atoms with Crippen molar-refractivity contribution < 1.29 is 0 Å². The average molecular weight is 259 g/mol. The van der Waals surface area contributed by atoms with Crippen LogP contribution < -0.4 is 5.32 Å². The van der Waals surface area contributed by atoms with Crippen molar-refractivity contribution in [1.29, 1.82) is 0 Å². The van der Waals surface area contributed by atoms with Gasteiger partial charge in [-0.15, -0.1) is 12.4 Å². The van der Waals surface area contributed by atoms with E-state index in [1.54, 1.807) is 0 Å². The molecule has 0 unspecified atom stereocenters. The highest BCUT2D eigenvalue weighted by Crippen LogP contribution is 2.12. The predicted octanol–water partition coefficient (Wildman–Crippen LogP) is 1.24. The first kappa shape index (κ1) is 14.5. The molecule has 2 heterocycles. The van der Waals surface area contributed by atoms with Crippen molar-refractivity contribution in [2.45, 2.75) is 19.4 Å². The molecule has 0 bridgehead atoms. The van der Waals surface area contributed by atoms with Crippen LogP contribution in [0.5, 0.6) is 0 Å². The highest BCUT2D eigenvalue weighted by atomic mass is 35.5. The molecule has 0 aromatic carbocycles. The maximum absolute atomic E-state index is 4.22. The lowest BCUT2D eigenvalue weighted by atomic mass is 9.98. The van der Waals surface area contributed by atoms with Gasteiger partial charge in [0, 0.05) is 25.5 Å². The van der Waals surface area contributed by atoms with Crippen LogP contribution >= 0.6 is 12.4 Å². The number of halogens is 1. The van der Waals surface area contributed by atoms with E-state index in [4.69, 9.17) is 0 Å². The molecule has 1 N–H and O–H groups in total. The molecule has 1 aliphatic heterocycles. The lowest BCUT2D eigenvalue weighted by molar-refractivity contribution is 0.231. The van der Waals surface area contributed by atoms with Gasteiger partial charge in [0.15, 0.2) is 0 Å². The molecule has 0 aliphatic carbocycles. The third kappa shape index (κ3) is 5.06. The maximum Gasteiger partial charge on any atom is 0.0536 e. The minimum absolute atomic E-state index is 0. The third-order valence-electron chi connectivity index (χ3n) is 3.30. The van der Waals surface area contributed by atoms with E-state index in [-0.39, 0.29) is 12.4 Å². The fourth-order valence-electron chi connectivity index (χ4n) is 2.30. The van der Waals surface area contributed by atoms with Crippen LogP contribution in [0.4, 0.5) is 0 Å². The van der Waals surface area contributed by atoms with Crippen molar-refractivity contribution in [2.75, 3.05) is 33.2 Å². The summed E-state index contributed by atoms with van der Waals surface area (Å²) < 4.78 is 2.00. The largest absolute Gasteiger partial charge is 0.317 e. The Hall–Kier alpha value is -0.580. The Kier molecular flexibility index (Phi) is 6.55. The number of likely N-dealkylation sites (N-methyl/N-ethyl adjacent to an activating group) is 1. The Morgan fingerprint density at radius 3 is 2.82 bits per heavy atom. The fraction of sp³-hybridized carbons (Fsp3) is 0.750. The minimum atomic E-state index is 0. The van der Waals surface area contributed by atoms with Gasteiger partial charge in [-0.05, 0) is 45.0 Å². The van der Waals surface area contributed by atoms with E-state index in [2.05, 4.69) is 22.4 Å². The number of hydrogen-bond acceptors (Lipinski definition) is 3. The van der Waals surface area contributed by atoms with Crippen molar-refractivity contribution in [3.8, 4) is 0 Å². The Labute approximate surface area is 110 Å². The van der Waals surface area contributed by atoms with E-state index in [9.17, 15) is 0 Å². The first-order valence-electron chi connectivity index (χ1n) is 6.21. The fourth-order valence-corrected chi connectivity index (χ4v) is 2.30. The third-order valence-corrected chi connectivity index (χ3v) is 3.30. The molecule has 0 saturated carbocycles. The van der Waals surface area contributed by atoms with E-state index in [1.165, 1.54) is 32.5 Å². The molecule has 1 fully saturated rings. The highest BCUT2D eigenvalue weighted by molar-refractivity contribution is 5.85. The normalized spacial score (nSPS) is 17.1. The molecule has 2 rings (SSSR count). The van der Waals surface area contributed by atoms with Gasteiger partial charge in [0.2, 0.25) is 0 Å². The molecule has 17 heavy (non-hydrogen) atoms. The van der Waals surface area contributed by atoms with Gasteiger partial charge in [0.1, 0.15) is 0 Å². The number of aromatic nitrogens is 2. The van der Waals surface area contributed by atoms with Crippen molar-refractivity contribution in [2.24, 2.45) is 5.92 Å². The summed E-state index contributed by atoms with van der Waals surface area (Å²) in [5.74, 6) is 0.879. The van der Waals surface area contributed by atoms with E-state index in [0.717, 1.165) is 19.0 Å². The van der Waals surface area contributed by atoms with Crippen LogP contribution in [0.25, 0.3) is 0 Å². The Morgan fingerprint density at radius 2 is 2.18 bits per heavy atom. The molecular weight excluding hydrogens is 236 g/mol. The second-order valence-electron chi connectivity index (χ2n) is 4.72. The van der Waals surface area contributed by atoms with Crippen molar-refractivity contribution >= 4 is 12.4 Å². The average Bonchev–Trinajstić information content (AvgIpc) is 2.81. The SMILES string of the molecule is CN(CCn1cccn1)CC1CCNCC1.Cl. The van der Waals surface area contributed by atoms with E-state index in [0.29, 0.717) is 0 Å². The van der Waals surface area contributed by atoms with Crippen molar-refractivity contribution in [3.63, 3.8) is 0 Å². The monoisotopic (exact) mass is 258 g/mol. The van der Waals surface area contributed by atoms with Gasteiger partial charge in [-0.25, -0.2) is 0 Å². The molecule has 0 radical (unpaired) electrons. The summed E-state index contributed by atoms with van der Waals surface area (Å²) in [7, 11) is 2.21. The summed E-state index contributed by atoms with van der Waals surface area (Å²) in [4.78, 5) is 2.43. The lowest BCUT2D eigenvalue weighted by Gasteiger charge is -2.27. The summed E-state index contributed by atoms with van der Waals surface area (Å²) in [5, 5.41) is 7.62. The molecule has 1 aromatic rings. The quantitative estimate of drug-likeness (QED) is 0.863. The summed E-state index contributed by atoms with van der Waals surface area (Å²) in [5.41, 5.74) is 0. The maximum atomic E-state index is 4.22. The smallest absolute Gasteiger partial charge is 0.0536 e. The summed E-state index contributed by atoms with van der Waals surface area (Å²) in [6.07, 6.45) is 6.52. The zero-order chi connectivity index (χ0) is 11.2. The van der Waals surface area contributed by atoms with Gasteiger partial charge in [-0.2, -0.15) is 5.10 Å². The van der Waals surface area contributed by atoms with Crippen LogP contribution in [-0.4, -0.2) is 47.9 Å². The molecule has 1 aliphatic rings. The van der Waals surface area contributed by atoms with Crippen molar-refractivity contribution in [1.82, 2.24) is 20.0 Å². The Bertz CT molecular complexity index is 283. The van der Waals surface area contributed by atoms with Gasteiger partial charge in [0.05, 0.1) is 6.54 Å². The van der Waals surface area contributed by atoms with Crippen LogP contribution in [0, 0.1) is 5.92 Å². The summed E-state index contributed by atoms with van der Waals surface area (Å²) in [6, 6.07) is 1.98. The second-order valence-corrected chi connectivity index (χ2v) is 4.72. The van der Waals surface area contributed by atoms with Crippen LogP contribution in [0.15, 0.2) is 18.5 Å². The molecule has 5 heteroatoms. The van der Waals surface area contributed by atoms with Gasteiger partial charge in [0.25, 0.3) is 0 Å². The molecule has 4 nitrogen and oxygen atoms in total.